The fraction of sp³-hybridized carbons (Fsp3) is 0.350. The van der Waals surface area contributed by atoms with E-state index < -0.39 is 24.3 Å². The van der Waals surface area contributed by atoms with Gasteiger partial charge in [0.2, 0.25) is 11.0 Å². The van der Waals surface area contributed by atoms with Gasteiger partial charge in [0.15, 0.2) is 18.6 Å². The van der Waals surface area contributed by atoms with Crippen LogP contribution in [0.25, 0.3) is 10.9 Å². The Morgan fingerprint density at radius 3 is 2.77 bits per heavy atom. The number of anilines is 2. The Bertz CT molecular complexity index is 1250. The van der Waals surface area contributed by atoms with Crippen molar-refractivity contribution in [3.8, 4) is 5.75 Å². The number of benzene rings is 1. The smallest absolute Gasteiger partial charge is 0.319 e. The molecular weight excluding hydrogens is 451 g/mol. The first-order valence-corrected chi connectivity index (χ1v) is 10.4. The molecule has 0 saturated heterocycles. The normalized spacial score (nSPS) is 19.8. The van der Waals surface area contributed by atoms with Gasteiger partial charge in [-0.3, -0.25) is 4.79 Å². The van der Waals surface area contributed by atoms with Gasteiger partial charge in [0.1, 0.15) is 5.02 Å². The second kappa shape index (κ2) is 7.20. The first-order valence-electron chi connectivity index (χ1n) is 9.63. The molecule has 0 bridgehead atoms. The molecule has 1 saturated carbocycles. The molecule has 0 unspecified atom stereocenters. The summed E-state index contributed by atoms with van der Waals surface area (Å²) in [5.41, 5.74) is 0.300. The van der Waals surface area contributed by atoms with Crippen molar-refractivity contribution in [2.45, 2.75) is 31.0 Å². The molecule has 1 atom stereocenters. The Morgan fingerprint density at radius 2 is 2.03 bits per heavy atom. The van der Waals surface area contributed by atoms with E-state index >= 15 is 8.78 Å². The van der Waals surface area contributed by atoms with Gasteiger partial charge in [0.05, 0.1) is 17.4 Å². The van der Waals surface area contributed by atoms with Crippen molar-refractivity contribution in [3.05, 3.63) is 51.1 Å². The Hall–Kier alpha value is -2.65. The number of aromatic nitrogens is 3. The van der Waals surface area contributed by atoms with E-state index in [0.29, 0.717) is 23.7 Å². The van der Waals surface area contributed by atoms with Gasteiger partial charge in [-0.1, -0.05) is 29.8 Å². The molecule has 3 aromatic rings. The summed E-state index contributed by atoms with van der Waals surface area (Å²) >= 11 is 12.2. The third kappa shape index (κ3) is 3.36. The average molecular weight is 468 g/mol. The molecule has 11 heteroatoms. The summed E-state index contributed by atoms with van der Waals surface area (Å²) in [4.78, 5) is 22.2. The molecule has 1 aliphatic heterocycles. The van der Waals surface area contributed by atoms with Gasteiger partial charge < -0.3 is 19.5 Å². The van der Waals surface area contributed by atoms with Crippen molar-refractivity contribution in [3.63, 3.8) is 0 Å². The van der Waals surface area contributed by atoms with Crippen LogP contribution in [0.2, 0.25) is 10.3 Å². The number of ether oxygens (including phenoxy) is 1. The molecular formula is C20H17Cl2F2N5O2. The highest BCUT2D eigenvalue weighted by Gasteiger charge is 2.51. The SMILES string of the molecule is Cn1c(=O)c2c(c3ccccc31)N[C@@H](N(c1nc(Cl)ncc1Cl)C1CC1)C(F)(F)CO2. The molecule has 1 aromatic carbocycles. The molecule has 1 aliphatic carbocycles. The zero-order valence-corrected chi connectivity index (χ0v) is 17.8. The lowest BCUT2D eigenvalue weighted by molar-refractivity contribution is -0.0540. The van der Waals surface area contributed by atoms with Crippen molar-refractivity contribution in [1.29, 1.82) is 0 Å². The fourth-order valence-electron chi connectivity index (χ4n) is 3.89. The molecule has 7 nitrogen and oxygen atoms in total. The van der Waals surface area contributed by atoms with Gasteiger partial charge in [-0.25, -0.2) is 4.98 Å². The maximum atomic E-state index is 15.4. The van der Waals surface area contributed by atoms with E-state index in [2.05, 4.69) is 15.3 Å². The largest absolute Gasteiger partial charge is 0.480 e. The van der Waals surface area contributed by atoms with E-state index in [1.165, 1.54) is 15.7 Å². The number of rotatable bonds is 3. The van der Waals surface area contributed by atoms with Crippen LogP contribution >= 0.6 is 23.2 Å². The number of hydrogen-bond donors (Lipinski definition) is 1. The van der Waals surface area contributed by atoms with E-state index in [0.717, 1.165) is 0 Å². The van der Waals surface area contributed by atoms with Crippen molar-refractivity contribution >= 4 is 45.6 Å². The summed E-state index contributed by atoms with van der Waals surface area (Å²) in [6, 6.07) is 6.83. The summed E-state index contributed by atoms with van der Waals surface area (Å²) in [5, 5.41) is 3.50. The van der Waals surface area contributed by atoms with E-state index in [1.54, 1.807) is 31.3 Å². The van der Waals surface area contributed by atoms with Crippen LogP contribution < -0.4 is 20.5 Å². The van der Waals surface area contributed by atoms with Gasteiger partial charge in [0.25, 0.3) is 5.56 Å². The number of halogens is 4. The van der Waals surface area contributed by atoms with E-state index in [-0.39, 0.29) is 33.6 Å². The molecule has 0 radical (unpaired) electrons. The van der Waals surface area contributed by atoms with Crippen LogP contribution in [-0.4, -0.2) is 39.3 Å². The van der Waals surface area contributed by atoms with Crippen molar-refractivity contribution in [2.24, 2.45) is 7.05 Å². The lowest BCUT2D eigenvalue weighted by Gasteiger charge is -2.37. The zero-order valence-electron chi connectivity index (χ0n) is 16.3. The maximum absolute atomic E-state index is 15.4. The van der Waals surface area contributed by atoms with Crippen LogP contribution in [0.4, 0.5) is 20.3 Å². The second-order valence-corrected chi connectivity index (χ2v) is 8.38. The van der Waals surface area contributed by atoms with E-state index in [9.17, 15) is 4.79 Å². The van der Waals surface area contributed by atoms with Crippen LogP contribution in [-0.2, 0) is 7.05 Å². The number of hydrogen-bond acceptors (Lipinski definition) is 6. The monoisotopic (exact) mass is 467 g/mol. The Labute approximate surface area is 185 Å². The Balaban J connectivity index is 1.71. The van der Waals surface area contributed by atoms with Gasteiger partial charge in [-0.15, -0.1) is 0 Å². The topological polar surface area (TPSA) is 72.3 Å². The molecule has 162 valence electrons. The number of pyridine rings is 1. The lowest BCUT2D eigenvalue weighted by atomic mass is 10.1. The average Bonchev–Trinajstić information content (AvgIpc) is 3.58. The number of nitrogens with one attached hydrogen (secondary N) is 1. The first-order chi connectivity index (χ1) is 14.8. The minimum Gasteiger partial charge on any atom is -0.480 e. The third-order valence-electron chi connectivity index (χ3n) is 5.51. The number of aryl methyl sites for hydroxylation is 1. The highest BCUT2D eigenvalue weighted by atomic mass is 35.5. The number of alkyl halides is 2. The van der Waals surface area contributed by atoms with Crippen LogP contribution in [0.15, 0.2) is 35.3 Å². The summed E-state index contributed by atoms with van der Waals surface area (Å²) in [6.45, 7) is -0.981. The Kier molecular flexibility index (Phi) is 4.71. The summed E-state index contributed by atoms with van der Waals surface area (Å²) in [5.74, 6) is -3.42. The fourth-order valence-corrected chi connectivity index (χ4v) is 4.20. The second-order valence-electron chi connectivity index (χ2n) is 7.63. The minimum atomic E-state index is -3.38. The number of fused-ring (bicyclic) bond motifs is 3. The van der Waals surface area contributed by atoms with Crippen LogP contribution in [0.5, 0.6) is 5.75 Å². The maximum Gasteiger partial charge on any atom is 0.319 e. The molecule has 0 spiro atoms. The van der Waals surface area contributed by atoms with E-state index in [4.69, 9.17) is 27.9 Å². The minimum absolute atomic E-state index is 0.0991. The number of para-hydroxylation sites is 1. The molecule has 1 fully saturated rings. The predicted molar refractivity (Wildman–Crippen MR) is 115 cm³/mol. The standard InChI is InChI=1S/C20H17Cl2F2N5O2/c1-28-13-5-3-2-4-11(13)14-15(17(28)30)31-9-20(23,24)18(26-14)29(10-6-7-10)16-12(21)8-25-19(22)27-16/h2-5,8,10,18,26H,6-7,9H2,1H3/t18-/m0/s1. The highest BCUT2D eigenvalue weighted by Crippen LogP contribution is 2.43. The molecule has 3 heterocycles. The summed E-state index contributed by atoms with van der Waals surface area (Å²) in [6.07, 6.45) is 1.10. The van der Waals surface area contributed by atoms with Crippen molar-refractivity contribution < 1.29 is 13.5 Å². The summed E-state index contributed by atoms with van der Waals surface area (Å²) in [7, 11) is 1.58. The van der Waals surface area contributed by atoms with Crippen molar-refractivity contribution in [2.75, 3.05) is 16.8 Å². The van der Waals surface area contributed by atoms with E-state index in [1.807, 2.05) is 0 Å². The molecule has 31 heavy (non-hydrogen) atoms. The van der Waals surface area contributed by atoms with Gasteiger partial charge in [-0.05, 0) is 30.5 Å². The number of nitrogens with zero attached hydrogens (tertiary/aromatic N) is 4. The summed E-state index contributed by atoms with van der Waals surface area (Å²) < 4.78 is 37.6. The molecule has 1 N–H and O–H groups in total. The van der Waals surface area contributed by atoms with Gasteiger partial charge >= 0.3 is 5.92 Å². The zero-order chi connectivity index (χ0) is 21.9. The van der Waals surface area contributed by atoms with Crippen molar-refractivity contribution in [1.82, 2.24) is 14.5 Å². The quantitative estimate of drug-likeness (QED) is 0.585. The lowest BCUT2D eigenvalue weighted by Crippen LogP contribution is -2.56. The van der Waals surface area contributed by atoms with Gasteiger partial charge in [0, 0.05) is 18.5 Å². The van der Waals surface area contributed by atoms with Crippen LogP contribution in [0.3, 0.4) is 0 Å². The molecule has 2 aliphatic rings. The molecule has 0 amide bonds. The molecule has 2 aromatic heterocycles. The highest BCUT2D eigenvalue weighted by molar-refractivity contribution is 6.33. The first kappa shape index (κ1) is 20.3. The molecule has 5 rings (SSSR count). The Morgan fingerprint density at radius 1 is 1.29 bits per heavy atom. The van der Waals surface area contributed by atoms with Gasteiger partial charge in [-0.2, -0.15) is 13.8 Å². The third-order valence-corrected chi connectivity index (χ3v) is 5.96. The van der Waals surface area contributed by atoms with Crippen LogP contribution in [0, 0.1) is 0 Å². The van der Waals surface area contributed by atoms with Crippen LogP contribution in [0.1, 0.15) is 12.8 Å². The predicted octanol–water partition coefficient (Wildman–Crippen LogP) is 4.07.